The fourth-order valence-corrected chi connectivity index (χ4v) is 2.21. The first-order chi connectivity index (χ1) is 13.1. The van der Waals surface area contributed by atoms with Crippen LogP contribution >= 0.6 is 0 Å². The number of unbranched alkanes of at least 4 members (excludes halogenated alkanes) is 1. The third kappa shape index (κ3) is 5.47. The summed E-state index contributed by atoms with van der Waals surface area (Å²) in [6.07, 6.45) is 1.94. The zero-order valence-electron chi connectivity index (χ0n) is 15.2. The number of carbonyl (C=O) groups is 2. The number of benzene rings is 2. The van der Waals surface area contributed by atoms with Crippen molar-refractivity contribution >= 4 is 11.8 Å². The summed E-state index contributed by atoms with van der Waals surface area (Å²) in [7, 11) is 1.50. The molecule has 27 heavy (non-hydrogen) atoms. The second-order valence-electron chi connectivity index (χ2n) is 5.67. The van der Waals surface area contributed by atoms with Crippen LogP contribution < -0.4 is 20.3 Å². The molecule has 0 aliphatic carbocycles. The van der Waals surface area contributed by atoms with Crippen molar-refractivity contribution in [2.24, 2.45) is 0 Å². The summed E-state index contributed by atoms with van der Waals surface area (Å²) in [5.41, 5.74) is 5.77. The molecule has 0 aliphatic heterocycles. The Bertz CT molecular complexity index is 841. The van der Waals surface area contributed by atoms with Gasteiger partial charge in [-0.1, -0.05) is 13.3 Å². The van der Waals surface area contributed by atoms with Crippen LogP contribution in [-0.4, -0.2) is 25.5 Å². The van der Waals surface area contributed by atoms with Crippen molar-refractivity contribution in [1.82, 2.24) is 10.9 Å². The quantitative estimate of drug-likeness (QED) is 0.579. The molecule has 7 nitrogen and oxygen atoms in total. The van der Waals surface area contributed by atoms with Gasteiger partial charge < -0.3 is 9.47 Å². The minimum Gasteiger partial charge on any atom is -0.493 e. The van der Waals surface area contributed by atoms with Crippen molar-refractivity contribution in [2.75, 3.05) is 13.7 Å². The van der Waals surface area contributed by atoms with E-state index < -0.39 is 11.8 Å². The average molecular weight is 367 g/mol. The Hall–Kier alpha value is -3.53. The molecular formula is C20H21N3O4. The molecule has 2 rings (SSSR count). The molecule has 2 aromatic carbocycles. The minimum absolute atomic E-state index is 0.315. The molecule has 0 spiro atoms. The van der Waals surface area contributed by atoms with Gasteiger partial charge in [-0.3, -0.25) is 20.4 Å². The molecule has 0 unspecified atom stereocenters. The van der Waals surface area contributed by atoms with Gasteiger partial charge in [0.15, 0.2) is 11.5 Å². The molecule has 0 radical (unpaired) electrons. The maximum atomic E-state index is 12.3. The SMILES string of the molecule is CCCCOc1ccc(C(=O)NNC(=O)c2ccc(C#N)cc2)cc1OC. The zero-order valence-corrected chi connectivity index (χ0v) is 15.2. The number of amides is 2. The summed E-state index contributed by atoms with van der Waals surface area (Å²) in [5.74, 6) is 0.0241. The van der Waals surface area contributed by atoms with Gasteiger partial charge in [0.05, 0.1) is 25.3 Å². The van der Waals surface area contributed by atoms with Crippen molar-refractivity contribution in [1.29, 1.82) is 5.26 Å². The Balaban J connectivity index is 1.98. The van der Waals surface area contributed by atoms with Crippen molar-refractivity contribution in [3.8, 4) is 17.6 Å². The lowest BCUT2D eigenvalue weighted by Crippen LogP contribution is -2.41. The number of nitriles is 1. The molecule has 0 saturated carbocycles. The van der Waals surface area contributed by atoms with E-state index in [1.54, 1.807) is 18.2 Å². The maximum Gasteiger partial charge on any atom is 0.269 e. The first kappa shape index (κ1) is 19.8. The molecule has 2 amide bonds. The minimum atomic E-state index is -0.490. The molecule has 2 N–H and O–H groups in total. The third-order valence-electron chi connectivity index (χ3n) is 3.75. The molecule has 0 aliphatic rings. The van der Waals surface area contributed by atoms with Gasteiger partial charge in [-0.15, -0.1) is 0 Å². The van der Waals surface area contributed by atoms with Crippen molar-refractivity contribution < 1.29 is 19.1 Å². The van der Waals surface area contributed by atoms with E-state index in [1.807, 2.05) is 6.07 Å². The van der Waals surface area contributed by atoms with Crippen LogP contribution in [0.3, 0.4) is 0 Å². The highest BCUT2D eigenvalue weighted by molar-refractivity contribution is 5.99. The molecular weight excluding hydrogens is 346 g/mol. The van der Waals surface area contributed by atoms with Gasteiger partial charge in [-0.05, 0) is 48.9 Å². The van der Waals surface area contributed by atoms with E-state index >= 15 is 0 Å². The maximum absolute atomic E-state index is 12.3. The average Bonchev–Trinajstić information content (AvgIpc) is 2.72. The van der Waals surface area contributed by atoms with E-state index in [9.17, 15) is 9.59 Å². The van der Waals surface area contributed by atoms with Gasteiger partial charge in [0.2, 0.25) is 0 Å². The summed E-state index contributed by atoms with van der Waals surface area (Å²) in [6.45, 7) is 2.64. The largest absolute Gasteiger partial charge is 0.493 e. The first-order valence-electron chi connectivity index (χ1n) is 8.50. The van der Waals surface area contributed by atoms with E-state index in [0.29, 0.717) is 34.8 Å². The first-order valence-corrected chi connectivity index (χ1v) is 8.50. The Kier molecular flexibility index (Phi) is 7.20. The number of ether oxygens (including phenoxy) is 2. The molecule has 0 bridgehead atoms. The highest BCUT2D eigenvalue weighted by atomic mass is 16.5. The lowest BCUT2D eigenvalue weighted by molar-refractivity contribution is 0.0846. The number of nitrogens with zero attached hydrogens (tertiary/aromatic N) is 1. The molecule has 2 aromatic rings. The van der Waals surface area contributed by atoms with Crippen molar-refractivity contribution in [2.45, 2.75) is 19.8 Å². The van der Waals surface area contributed by atoms with Gasteiger partial charge in [-0.25, -0.2) is 0 Å². The second kappa shape index (κ2) is 9.82. The van der Waals surface area contributed by atoms with E-state index in [4.69, 9.17) is 14.7 Å². The molecule has 0 fully saturated rings. The van der Waals surface area contributed by atoms with Crippen LogP contribution in [-0.2, 0) is 0 Å². The van der Waals surface area contributed by atoms with Gasteiger partial charge in [0, 0.05) is 11.1 Å². The predicted octanol–water partition coefficient (Wildman–Crippen LogP) is 2.82. The standard InChI is InChI=1S/C20H21N3O4/c1-3-4-11-27-17-10-9-16(12-18(17)26-2)20(25)23-22-19(24)15-7-5-14(13-21)6-8-15/h5-10,12H,3-4,11H2,1-2H3,(H,22,24)(H,23,25). The Labute approximate surface area is 157 Å². The highest BCUT2D eigenvalue weighted by Gasteiger charge is 2.13. The second-order valence-corrected chi connectivity index (χ2v) is 5.67. The van der Waals surface area contributed by atoms with E-state index in [0.717, 1.165) is 12.8 Å². The molecule has 0 aromatic heterocycles. The summed E-state index contributed by atoms with van der Waals surface area (Å²) >= 11 is 0. The van der Waals surface area contributed by atoms with Gasteiger partial charge in [-0.2, -0.15) is 5.26 Å². The number of hydrogen-bond acceptors (Lipinski definition) is 5. The fourth-order valence-electron chi connectivity index (χ4n) is 2.21. The molecule has 7 heteroatoms. The molecule has 0 saturated heterocycles. The van der Waals surface area contributed by atoms with Crippen LogP contribution in [0.5, 0.6) is 11.5 Å². The van der Waals surface area contributed by atoms with Crippen molar-refractivity contribution in [3.63, 3.8) is 0 Å². The van der Waals surface area contributed by atoms with Crippen LogP contribution in [0, 0.1) is 11.3 Å². The summed E-state index contributed by atoms with van der Waals surface area (Å²) in [6, 6.07) is 12.8. The summed E-state index contributed by atoms with van der Waals surface area (Å²) in [4.78, 5) is 24.3. The van der Waals surface area contributed by atoms with Crippen LogP contribution in [0.15, 0.2) is 42.5 Å². The molecule has 140 valence electrons. The van der Waals surface area contributed by atoms with Gasteiger partial charge in [0.1, 0.15) is 0 Å². The zero-order chi connectivity index (χ0) is 19.6. The van der Waals surface area contributed by atoms with Gasteiger partial charge >= 0.3 is 0 Å². The normalized spacial score (nSPS) is 9.81. The Morgan fingerprint density at radius 3 is 2.22 bits per heavy atom. The predicted molar refractivity (Wildman–Crippen MR) is 99.5 cm³/mol. The number of hydrazine groups is 1. The lowest BCUT2D eigenvalue weighted by Gasteiger charge is -2.12. The fraction of sp³-hybridized carbons (Fsp3) is 0.250. The summed E-state index contributed by atoms with van der Waals surface area (Å²) in [5, 5.41) is 8.77. The number of hydrogen-bond donors (Lipinski definition) is 2. The Morgan fingerprint density at radius 1 is 1.00 bits per heavy atom. The van der Waals surface area contributed by atoms with Crippen LogP contribution in [0.2, 0.25) is 0 Å². The number of nitrogens with one attached hydrogen (secondary N) is 2. The van der Waals surface area contributed by atoms with Crippen LogP contribution in [0.1, 0.15) is 46.0 Å². The lowest BCUT2D eigenvalue weighted by atomic mass is 10.1. The molecule has 0 atom stereocenters. The third-order valence-corrected chi connectivity index (χ3v) is 3.75. The smallest absolute Gasteiger partial charge is 0.269 e. The summed E-state index contributed by atoms with van der Waals surface area (Å²) < 4.78 is 10.9. The molecule has 0 heterocycles. The van der Waals surface area contributed by atoms with E-state index in [1.165, 1.54) is 31.4 Å². The monoisotopic (exact) mass is 367 g/mol. The van der Waals surface area contributed by atoms with E-state index in [2.05, 4.69) is 17.8 Å². The van der Waals surface area contributed by atoms with Crippen LogP contribution in [0.4, 0.5) is 0 Å². The number of methoxy groups -OCH3 is 1. The number of carbonyl (C=O) groups excluding carboxylic acids is 2. The topological polar surface area (TPSA) is 100 Å². The Morgan fingerprint density at radius 2 is 1.63 bits per heavy atom. The highest BCUT2D eigenvalue weighted by Crippen LogP contribution is 2.28. The van der Waals surface area contributed by atoms with E-state index in [-0.39, 0.29) is 0 Å². The van der Waals surface area contributed by atoms with Crippen LogP contribution in [0.25, 0.3) is 0 Å². The number of rotatable bonds is 7. The van der Waals surface area contributed by atoms with Gasteiger partial charge in [0.25, 0.3) is 11.8 Å². The van der Waals surface area contributed by atoms with Crippen molar-refractivity contribution in [3.05, 3.63) is 59.2 Å².